The van der Waals surface area contributed by atoms with Crippen molar-refractivity contribution >= 4 is 23.2 Å². The molecule has 5 rings (SSSR count). The number of nitrogens with two attached hydrogens (primary N) is 1. The van der Waals surface area contributed by atoms with Gasteiger partial charge in [-0.2, -0.15) is 5.26 Å². The van der Waals surface area contributed by atoms with Crippen LogP contribution in [0.2, 0.25) is 0 Å². The van der Waals surface area contributed by atoms with Crippen LogP contribution in [-0.4, -0.2) is 30.9 Å². The van der Waals surface area contributed by atoms with Gasteiger partial charge < -0.3 is 10.5 Å². The zero-order chi connectivity index (χ0) is 23.4. The van der Waals surface area contributed by atoms with Crippen molar-refractivity contribution in [2.75, 3.05) is 14.2 Å². The third-order valence-corrected chi connectivity index (χ3v) is 8.43. The molecule has 3 aromatic rings. The van der Waals surface area contributed by atoms with Crippen LogP contribution in [0.15, 0.2) is 59.6 Å². The SMILES string of the molecule is COc1ccc2c(c1)CC[C@@]21C(=O)N(C)C(N)=NC1(C)c1ccc(-c2cccc(C#N)c2)s1. The molecule has 1 spiro atoms. The van der Waals surface area contributed by atoms with E-state index >= 15 is 0 Å². The Kier molecular flexibility index (Phi) is 4.80. The Morgan fingerprint density at radius 3 is 2.79 bits per heavy atom. The molecule has 1 amide bonds. The number of ether oxygens (including phenoxy) is 1. The number of nitrogens with zero attached hydrogens (tertiary/aromatic N) is 3. The highest BCUT2D eigenvalue weighted by Crippen LogP contribution is 2.57. The lowest BCUT2D eigenvalue weighted by atomic mass is 9.64. The Bertz CT molecular complexity index is 1350. The van der Waals surface area contributed by atoms with Crippen LogP contribution < -0.4 is 10.5 Å². The van der Waals surface area contributed by atoms with Gasteiger partial charge in [-0.25, -0.2) is 4.99 Å². The number of likely N-dealkylation sites (N-methyl/N-ethyl adjacent to an activating group) is 1. The Morgan fingerprint density at radius 1 is 1.21 bits per heavy atom. The molecule has 0 saturated carbocycles. The molecule has 0 fully saturated rings. The number of fused-ring (bicyclic) bond motifs is 2. The number of aryl methyl sites for hydroxylation is 1. The highest BCUT2D eigenvalue weighted by molar-refractivity contribution is 7.15. The van der Waals surface area contributed by atoms with Crippen molar-refractivity contribution in [3.63, 3.8) is 0 Å². The van der Waals surface area contributed by atoms with E-state index in [1.165, 1.54) is 4.90 Å². The molecule has 33 heavy (non-hydrogen) atoms. The molecule has 6 nitrogen and oxygen atoms in total. The predicted octanol–water partition coefficient (Wildman–Crippen LogP) is 4.18. The lowest BCUT2D eigenvalue weighted by Gasteiger charge is -2.48. The molecule has 1 unspecified atom stereocenters. The van der Waals surface area contributed by atoms with E-state index in [0.717, 1.165) is 38.6 Å². The van der Waals surface area contributed by atoms with Crippen molar-refractivity contribution in [1.82, 2.24) is 4.90 Å². The fourth-order valence-corrected chi connectivity index (χ4v) is 6.44. The first kappa shape index (κ1) is 21.2. The minimum absolute atomic E-state index is 0.0390. The number of carbonyl (C=O) groups is 1. The first-order chi connectivity index (χ1) is 15.8. The maximum atomic E-state index is 13.9. The maximum absolute atomic E-state index is 13.9. The van der Waals surface area contributed by atoms with E-state index < -0.39 is 11.0 Å². The number of hydrogen-bond donors (Lipinski definition) is 1. The molecule has 0 radical (unpaired) electrons. The highest BCUT2D eigenvalue weighted by atomic mass is 32.1. The average molecular weight is 457 g/mol. The summed E-state index contributed by atoms with van der Waals surface area (Å²) in [7, 11) is 3.34. The molecule has 166 valence electrons. The number of methoxy groups -OCH3 is 1. The van der Waals surface area contributed by atoms with Crippen molar-refractivity contribution in [2.24, 2.45) is 10.7 Å². The zero-order valence-corrected chi connectivity index (χ0v) is 19.6. The standard InChI is InChI=1S/C26H24N4O2S/c1-25(22-10-9-21(33-22)18-6-4-5-16(13-18)15-27)26(23(31)30(2)24(28)29-25)12-11-17-14-19(32-3)7-8-20(17)26/h4-10,13-14H,11-12H2,1-3H3,(H2,28,29)/t25?,26-/m0/s1. The summed E-state index contributed by atoms with van der Waals surface area (Å²) in [6.45, 7) is 2.02. The Labute approximate surface area is 196 Å². The highest BCUT2D eigenvalue weighted by Gasteiger charge is 2.62. The second kappa shape index (κ2) is 7.46. The second-order valence-corrected chi connectivity index (χ2v) is 9.78. The number of benzene rings is 2. The summed E-state index contributed by atoms with van der Waals surface area (Å²) in [5.74, 6) is 0.960. The monoisotopic (exact) mass is 456 g/mol. The van der Waals surface area contributed by atoms with Gasteiger partial charge in [0, 0.05) is 16.8 Å². The number of nitriles is 1. The minimum atomic E-state index is -0.865. The van der Waals surface area contributed by atoms with E-state index in [1.807, 2.05) is 55.5 Å². The van der Waals surface area contributed by atoms with Crippen LogP contribution in [0.5, 0.6) is 5.75 Å². The van der Waals surface area contributed by atoms with Crippen LogP contribution in [0.25, 0.3) is 10.4 Å². The summed E-state index contributed by atoms with van der Waals surface area (Å²) in [5, 5.41) is 9.28. The molecule has 2 aliphatic rings. The molecule has 2 aromatic carbocycles. The Hall–Kier alpha value is -3.63. The van der Waals surface area contributed by atoms with Gasteiger partial charge in [0.25, 0.3) is 0 Å². The van der Waals surface area contributed by atoms with Crippen LogP contribution in [0.4, 0.5) is 0 Å². The van der Waals surface area contributed by atoms with Crippen molar-refractivity contribution in [3.05, 3.63) is 76.2 Å². The van der Waals surface area contributed by atoms with Gasteiger partial charge in [-0.3, -0.25) is 9.69 Å². The quantitative estimate of drug-likeness (QED) is 0.640. The van der Waals surface area contributed by atoms with E-state index in [-0.39, 0.29) is 11.9 Å². The van der Waals surface area contributed by atoms with Gasteiger partial charge in [-0.1, -0.05) is 18.2 Å². The molecular formula is C26H24N4O2S. The van der Waals surface area contributed by atoms with Crippen LogP contribution in [-0.2, 0) is 22.2 Å². The molecule has 1 aliphatic heterocycles. The number of rotatable bonds is 3. The van der Waals surface area contributed by atoms with Gasteiger partial charge in [0.15, 0.2) is 5.96 Å². The molecule has 2 N–H and O–H groups in total. The first-order valence-electron chi connectivity index (χ1n) is 10.8. The lowest BCUT2D eigenvalue weighted by molar-refractivity contribution is -0.136. The van der Waals surface area contributed by atoms with Crippen LogP contribution in [0.1, 0.15) is 34.9 Å². The number of amides is 1. The molecule has 7 heteroatoms. The van der Waals surface area contributed by atoms with Crippen molar-refractivity contribution in [1.29, 1.82) is 5.26 Å². The fourth-order valence-electron chi connectivity index (χ4n) is 5.27. The van der Waals surface area contributed by atoms with E-state index in [0.29, 0.717) is 12.0 Å². The fraction of sp³-hybridized carbons (Fsp3) is 0.269. The van der Waals surface area contributed by atoms with Gasteiger partial charge in [-0.15, -0.1) is 11.3 Å². The molecule has 0 saturated heterocycles. The van der Waals surface area contributed by atoms with Crippen LogP contribution >= 0.6 is 11.3 Å². The third kappa shape index (κ3) is 2.91. The smallest absolute Gasteiger partial charge is 0.242 e. The normalized spacial score (nSPS) is 23.9. The van der Waals surface area contributed by atoms with Crippen LogP contribution in [0.3, 0.4) is 0 Å². The maximum Gasteiger partial charge on any atom is 0.242 e. The Balaban J connectivity index is 1.70. The van der Waals surface area contributed by atoms with E-state index in [9.17, 15) is 10.1 Å². The Morgan fingerprint density at radius 2 is 2.03 bits per heavy atom. The molecule has 1 aromatic heterocycles. The number of thiophene rings is 1. The first-order valence-corrected chi connectivity index (χ1v) is 11.6. The van der Waals surface area contributed by atoms with Gasteiger partial charge in [-0.05, 0) is 72.9 Å². The number of aliphatic imine (C=N–C) groups is 1. The minimum Gasteiger partial charge on any atom is -0.497 e. The van der Waals surface area contributed by atoms with Gasteiger partial charge in [0.1, 0.15) is 16.7 Å². The number of carbonyl (C=O) groups excluding carboxylic acids is 1. The summed E-state index contributed by atoms with van der Waals surface area (Å²) in [6.07, 6.45) is 1.41. The van der Waals surface area contributed by atoms with Crippen molar-refractivity contribution in [3.8, 4) is 22.3 Å². The summed E-state index contributed by atoms with van der Waals surface area (Å²) < 4.78 is 5.42. The molecule has 0 bridgehead atoms. The van der Waals surface area contributed by atoms with Gasteiger partial charge in [0.2, 0.25) is 5.91 Å². The largest absolute Gasteiger partial charge is 0.497 e. The van der Waals surface area contributed by atoms with Gasteiger partial charge in [0.05, 0.1) is 18.7 Å². The van der Waals surface area contributed by atoms with E-state index in [2.05, 4.69) is 6.07 Å². The predicted molar refractivity (Wildman–Crippen MR) is 129 cm³/mol. The molecular weight excluding hydrogens is 432 g/mol. The summed E-state index contributed by atoms with van der Waals surface area (Å²) in [6, 6.07) is 19.7. The lowest BCUT2D eigenvalue weighted by Crippen LogP contribution is -2.62. The molecule has 1 aliphatic carbocycles. The number of hydrogen-bond acceptors (Lipinski definition) is 6. The second-order valence-electron chi connectivity index (χ2n) is 8.69. The molecule has 2 heterocycles. The average Bonchev–Trinajstić information content (AvgIpc) is 3.48. The van der Waals surface area contributed by atoms with E-state index in [4.69, 9.17) is 15.5 Å². The van der Waals surface area contributed by atoms with E-state index in [1.54, 1.807) is 31.6 Å². The van der Waals surface area contributed by atoms with Crippen molar-refractivity contribution < 1.29 is 9.53 Å². The van der Waals surface area contributed by atoms with Crippen LogP contribution in [0, 0.1) is 11.3 Å². The molecule has 2 atom stereocenters. The summed E-state index contributed by atoms with van der Waals surface area (Å²) in [4.78, 5) is 22.4. The van der Waals surface area contributed by atoms with Crippen molar-refractivity contribution in [2.45, 2.75) is 30.7 Å². The number of guanidine groups is 1. The summed E-state index contributed by atoms with van der Waals surface area (Å²) in [5.41, 5.74) is 8.21. The zero-order valence-electron chi connectivity index (χ0n) is 18.8. The topological polar surface area (TPSA) is 91.7 Å². The van der Waals surface area contributed by atoms with Gasteiger partial charge >= 0.3 is 0 Å². The summed E-state index contributed by atoms with van der Waals surface area (Å²) >= 11 is 1.59. The third-order valence-electron chi connectivity index (χ3n) is 7.09.